The van der Waals surface area contributed by atoms with Crippen molar-refractivity contribution in [1.29, 1.82) is 0 Å². The summed E-state index contributed by atoms with van der Waals surface area (Å²) >= 11 is 0. The molecule has 0 fully saturated rings. The summed E-state index contributed by atoms with van der Waals surface area (Å²) in [7, 11) is 0. The van der Waals surface area contributed by atoms with Crippen molar-refractivity contribution in [2.24, 2.45) is 0 Å². The molecule has 16 heavy (non-hydrogen) atoms. The van der Waals surface area contributed by atoms with Gasteiger partial charge in [0.05, 0.1) is 12.3 Å². The first-order valence-corrected chi connectivity index (χ1v) is 4.99. The summed E-state index contributed by atoms with van der Waals surface area (Å²) in [6.45, 7) is 2.60. The zero-order valence-electron chi connectivity index (χ0n) is 9.21. The van der Waals surface area contributed by atoms with Crippen molar-refractivity contribution < 1.29 is 17.9 Å². The third-order valence-electron chi connectivity index (χ3n) is 1.94. The molecule has 0 aliphatic rings. The zero-order valence-corrected chi connectivity index (χ0v) is 9.21. The highest BCUT2D eigenvalue weighted by molar-refractivity contribution is 5.13. The fourth-order valence-corrected chi connectivity index (χ4v) is 1.17. The van der Waals surface area contributed by atoms with Gasteiger partial charge in [0.15, 0.2) is 0 Å². The van der Waals surface area contributed by atoms with E-state index in [0.717, 1.165) is 5.69 Å². The van der Waals surface area contributed by atoms with Gasteiger partial charge >= 0.3 is 6.18 Å². The molecular weight excluding hydrogens is 219 g/mol. The second-order valence-electron chi connectivity index (χ2n) is 3.82. The van der Waals surface area contributed by atoms with Gasteiger partial charge < -0.3 is 4.74 Å². The predicted molar refractivity (Wildman–Crippen MR) is 54.0 cm³/mol. The Balaban J connectivity index is 2.51. The number of halogens is 3. The number of hydrogen-bond acceptors (Lipinski definition) is 2. The van der Waals surface area contributed by atoms with Gasteiger partial charge in [-0.1, -0.05) is 19.9 Å². The van der Waals surface area contributed by atoms with Crippen LogP contribution in [0.25, 0.3) is 0 Å². The lowest BCUT2D eigenvalue weighted by molar-refractivity contribution is -0.176. The monoisotopic (exact) mass is 233 g/mol. The van der Waals surface area contributed by atoms with Crippen LogP contribution in [0.15, 0.2) is 18.2 Å². The standard InChI is InChI=1S/C11H14F3NO/c1-8(2)10-5-3-4-9(15-10)6-16-7-11(12,13)14/h3-5,8H,6-7H2,1-2H3. The van der Waals surface area contributed by atoms with E-state index in [0.29, 0.717) is 5.69 Å². The maximum atomic E-state index is 11.8. The van der Waals surface area contributed by atoms with Crippen LogP contribution in [0.3, 0.4) is 0 Å². The van der Waals surface area contributed by atoms with E-state index >= 15 is 0 Å². The van der Waals surface area contributed by atoms with Crippen LogP contribution in [-0.2, 0) is 11.3 Å². The van der Waals surface area contributed by atoms with Crippen LogP contribution in [0.2, 0.25) is 0 Å². The Labute approximate surface area is 92.5 Å². The smallest absolute Gasteiger partial charge is 0.366 e. The molecule has 0 atom stereocenters. The van der Waals surface area contributed by atoms with Crippen molar-refractivity contribution in [1.82, 2.24) is 4.98 Å². The van der Waals surface area contributed by atoms with E-state index in [9.17, 15) is 13.2 Å². The van der Waals surface area contributed by atoms with Crippen molar-refractivity contribution >= 4 is 0 Å². The van der Waals surface area contributed by atoms with Crippen molar-refractivity contribution in [3.8, 4) is 0 Å². The molecule has 5 heteroatoms. The van der Waals surface area contributed by atoms with E-state index in [1.54, 1.807) is 12.1 Å². The number of nitrogens with zero attached hydrogens (tertiary/aromatic N) is 1. The molecule has 0 unspecified atom stereocenters. The average molecular weight is 233 g/mol. The van der Waals surface area contributed by atoms with Crippen molar-refractivity contribution in [2.45, 2.75) is 32.5 Å². The minimum Gasteiger partial charge on any atom is -0.366 e. The highest BCUT2D eigenvalue weighted by atomic mass is 19.4. The molecule has 0 N–H and O–H groups in total. The van der Waals surface area contributed by atoms with E-state index in [1.165, 1.54) is 0 Å². The van der Waals surface area contributed by atoms with Crippen LogP contribution >= 0.6 is 0 Å². The molecule has 0 amide bonds. The Bertz CT molecular complexity index is 336. The minimum atomic E-state index is -4.28. The number of pyridine rings is 1. The molecule has 1 heterocycles. The van der Waals surface area contributed by atoms with Crippen LogP contribution in [0.5, 0.6) is 0 Å². The second-order valence-corrected chi connectivity index (χ2v) is 3.82. The average Bonchev–Trinajstić information content (AvgIpc) is 2.16. The molecule has 1 aromatic heterocycles. The van der Waals surface area contributed by atoms with Gasteiger partial charge in [-0.05, 0) is 18.1 Å². The van der Waals surface area contributed by atoms with Crippen molar-refractivity contribution in [3.63, 3.8) is 0 Å². The first-order valence-electron chi connectivity index (χ1n) is 4.99. The number of rotatable bonds is 4. The summed E-state index contributed by atoms with van der Waals surface area (Å²) in [4.78, 5) is 4.20. The lowest BCUT2D eigenvalue weighted by Gasteiger charge is -2.09. The SMILES string of the molecule is CC(C)c1cccc(COCC(F)(F)F)n1. The molecule has 90 valence electrons. The second kappa shape index (κ2) is 5.30. The molecule has 1 rings (SSSR count). The fourth-order valence-electron chi connectivity index (χ4n) is 1.17. The highest BCUT2D eigenvalue weighted by Crippen LogP contribution is 2.16. The van der Waals surface area contributed by atoms with Gasteiger partial charge in [0.1, 0.15) is 6.61 Å². The molecule has 0 aliphatic carbocycles. The first kappa shape index (κ1) is 13.0. The third-order valence-corrected chi connectivity index (χ3v) is 1.94. The van der Waals surface area contributed by atoms with Crippen LogP contribution < -0.4 is 0 Å². The normalized spacial score (nSPS) is 12.1. The Hall–Kier alpha value is -1.10. The molecule has 1 aromatic rings. The van der Waals surface area contributed by atoms with Gasteiger partial charge in [-0.3, -0.25) is 4.98 Å². The van der Waals surface area contributed by atoms with E-state index in [4.69, 9.17) is 0 Å². The lowest BCUT2D eigenvalue weighted by Crippen LogP contribution is -2.17. The predicted octanol–water partition coefficient (Wildman–Crippen LogP) is 3.28. The van der Waals surface area contributed by atoms with Crippen molar-refractivity contribution in [2.75, 3.05) is 6.61 Å². The molecule has 0 spiro atoms. The number of hydrogen-bond donors (Lipinski definition) is 0. The summed E-state index contributed by atoms with van der Waals surface area (Å²) in [5.41, 5.74) is 1.38. The minimum absolute atomic E-state index is 0.111. The summed E-state index contributed by atoms with van der Waals surface area (Å²) in [6.07, 6.45) is -4.28. The van der Waals surface area contributed by atoms with Gasteiger partial charge in [0.2, 0.25) is 0 Å². The molecule has 0 aliphatic heterocycles. The largest absolute Gasteiger partial charge is 0.411 e. The highest BCUT2D eigenvalue weighted by Gasteiger charge is 2.27. The van der Waals surface area contributed by atoms with Gasteiger partial charge in [-0.15, -0.1) is 0 Å². The summed E-state index contributed by atoms with van der Waals surface area (Å²) < 4.78 is 40.0. The zero-order chi connectivity index (χ0) is 12.2. The molecule has 2 nitrogen and oxygen atoms in total. The summed E-state index contributed by atoms with van der Waals surface area (Å²) in [6, 6.07) is 5.27. The third kappa shape index (κ3) is 4.61. The van der Waals surface area contributed by atoms with E-state index < -0.39 is 12.8 Å². The number of alkyl halides is 3. The summed E-state index contributed by atoms with van der Waals surface area (Å²) in [5.74, 6) is 0.252. The van der Waals surface area contributed by atoms with Gasteiger partial charge in [0.25, 0.3) is 0 Å². The number of ether oxygens (including phenoxy) is 1. The molecular formula is C11H14F3NO. The van der Waals surface area contributed by atoms with E-state index in [1.807, 2.05) is 19.9 Å². The molecule has 0 saturated heterocycles. The van der Waals surface area contributed by atoms with Crippen molar-refractivity contribution in [3.05, 3.63) is 29.6 Å². The molecule has 0 radical (unpaired) electrons. The Morgan fingerprint density at radius 2 is 2.00 bits per heavy atom. The van der Waals surface area contributed by atoms with Crippen LogP contribution in [-0.4, -0.2) is 17.8 Å². The molecule has 0 saturated carbocycles. The number of aromatic nitrogens is 1. The lowest BCUT2D eigenvalue weighted by atomic mass is 10.1. The van der Waals surface area contributed by atoms with Gasteiger partial charge in [-0.2, -0.15) is 13.2 Å². The maximum absolute atomic E-state index is 11.8. The molecule has 0 bridgehead atoms. The fraction of sp³-hybridized carbons (Fsp3) is 0.545. The van der Waals surface area contributed by atoms with E-state index in [2.05, 4.69) is 9.72 Å². The Morgan fingerprint density at radius 1 is 1.31 bits per heavy atom. The Morgan fingerprint density at radius 3 is 2.56 bits per heavy atom. The van der Waals surface area contributed by atoms with E-state index in [-0.39, 0.29) is 12.5 Å². The summed E-state index contributed by atoms with van der Waals surface area (Å²) in [5, 5.41) is 0. The maximum Gasteiger partial charge on any atom is 0.411 e. The quantitative estimate of drug-likeness (QED) is 0.796. The van der Waals surface area contributed by atoms with Gasteiger partial charge in [-0.25, -0.2) is 0 Å². The van der Waals surface area contributed by atoms with Crippen LogP contribution in [0, 0.1) is 0 Å². The van der Waals surface area contributed by atoms with Crippen LogP contribution in [0.1, 0.15) is 31.2 Å². The Kier molecular flexibility index (Phi) is 4.29. The van der Waals surface area contributed by atoms with Gasteiger partial charge in [0, 0.05) is 5.69 Å². The molecule has 0 aromatic carbocycles. The first-order chi connectivity index (χ1) is 7.38. The topological polar surface area (TPSA) is 22.1 Å². The van der Waals surface area contributed by atoms with Crippen LogP contribution in [0.4, 0.5) is 13.2 Å².